The molecule has 8 nitrogen and oxygen atoms in total. The third-order valence-electron chi connectivity index (χ3n) is 7.56. The molecule has 0 atom stereocenters. The van der Waals surface area contributed by atoms with Crippen molar-refractivity contribution in [1.29, 1.82) is 0 Å². The number of hydrogen-bond donors (Lipinski definition) is 2. The fourth-order valence-electron chi connectivity index (χ4n) is 5.59. The Labute approximate surface area is 212 Å². The van der Waals surface area contributed by atoms with E-state index in [9.17, 15) is 0 Å². The minimum absolute atomic E-state index is 0.752. The number of nitrogens with one attached hydrogen (secondary N) is 2. The van der Waals surface area contributed by atoms with E-state index in [2.05, 4.69) is 54.7 Å². The van der Waals surface area contributed by atoms with Crippen molar-refractivity contribution in [2.45, 2.75) is 38.8 Å². The van der Waals surface area contributed by atoms with Gasteiger partial charge in [-0.25, -0.2) is 9.97 Å². The van der Waals surface area contributed by atoms with Crippen molar-refractivity contribution in [3.8, 4) is 0 Å². The number of nitrogens with zero attached hydrogens (tertiary/aromatic N) is 6. The number of fused-ring (bicyclic) bond motifs is 6. The molecule has 0 amide bonds. The van der Waals surface area contributed by atoms with Gasteiger partial charge in [-0.15, -0.1) is 0 Å². The van der Waals surface area contributed by atoms with Crippen molar-refractivity contribution >= 4 is 32.8 Å². The van der Waals surface area contributed by atoms with Gasteiger partial charge >= 0.3 is 0 Å². The molecule has 0 bridgehead atoms. The number of aromatic nitrogens is 4. The summed E-state index contributed by atoms with van der Waals surface area (Å²) in [6.45, 7) is 10.6. The maximum atomic E-state index is 5.08. The highest BCUT2D eigenvalue weighted by atomic mass is 15.2. The Morgan fingerprint density at radius 1 is 0.583 bits per heavy atom. The Morgan fingerprint density at radius 2 is 1.03 bits per heavy atom. The molecule has 4 aromatic rings. The van der Waals surface area contributed by atoms with Crippen molar-refractivity contribution in [2.24, 2.45) is 0 Å². The van der Waals surface area contributed by atoms with Crippen LogP contribution in [0.5, 0.6) is 0 Å². The van der Waals surface area contributed by atoms with Crippen LogP contribution in [0.4, 0.5) is 0 Å². The van der Waals surface area contributed by atoms with E-state index < -0.39 is 0 Å². The van der Waals surface area contributed by atoms with Crippen molar-refractivity contribution in [1.82, 2.24) is 40.4 Å². The second-order valence-corrected chi connectivity index (χ2v) is 10.1. The Kier molecular flexibility index (Phi) is 7.27. The molecule has 0 saturated carbocycles. The first kappa shape index (κ1) is 23.6. The number of rotatable bonds is 10. The van der Waals surface area contributed by atoms with Gasteiger partial charge in [0.2, 0.25) is 0 Å². The van der Waals surface area contributed by atoms with Gasteiger partial charge in [-0.2, -0.15) is 0 Å². The van der Waals surface area contributed by atoms with E-state index in [4.69, 9.17) is 9.97 Å². The average Bonchev–Trinajstić information content (AvgIpc) is 3.64. The van der Waals surface area contributed by atoms with Crippen LogP contribution in [0.3, 0.4) is 0 Å². The van der Waals surface area contributed by atoms with Crippen molar-refractivity contribution in [3.05, 3.63) is 48.0 Å². The lowest BCUT2D eigenvalue weighted by molar-refractivity contribution is 0.335. The molecular weight excluding hydrogens is 448 g/mol. The highest BCUT2D eigenvalue weighted by molar-refractivity contribution is 6.20. The number of hydrogen-bond acceptors (Lipinski definition) is 8. The molecule has 3 aromatic heterocycles. The van der Waals surface area contributed by atoms with Crippen LogP contribution in [0.2, 0.25) is 0 Å². The summed E-state index contributed by atoms with van der Waals surface area (Å²) in [4.78, 5) is 24.5. The maximum absolute atomic E-state index is 5.08. The molecule has 2 saturated heterocycles. The van der Waals surface area contributed by atoms with Gasteiger partial charge < -0.3 is 20.4 Å². The standard InChI is InChI=1S/C28H36N8/c1-2-14-35(13-1)17-11-29-19-21-5-7-23-25-26(32-10-9-31-25)24-8-6-22(34-28(24)27(23)33-21)20-30-12-18-36-15-3-4-16-36/h5-10,29-30H,1-4,11-20H2. The van der Waals surface area contributed by atoms with Gasteiger partial charge in [0.1, 0.15) is 0 Å². The van der Waals surface area contributed by atoms with Gasteiger partial charge in [0.15, 0.2) is 0 Å². The van der Waals surface area contributed by atoms with Gasteiger partial charge in [-0.05, 0) is 76.1 Å². The molecule has 0 unspecified atom stereocenters. The average molecular weight is 485 g/mol. The molecule has 2 fully saturated rings. The number of likely N-dealkylation sites (tertiary alicyclic amines) is 2. The summed E-state index contributed by atoms with van der Waals surface area (Å²) < 4.78 is 0. The fraction of sp³-hybridized carbons (Fsp3) is 0.500. The summed E-state index contributed by atoms with van der Waals surface area (Å²) in [5.74, 6) is 0. The van der Waals surface area contributed by atoms with Gasteiger partial charge in [0.05, 0.1) is 33.5 Å². The predicted octanol–water partition coefficient (Wildman–Crippen LogP) is 3.10. The van der Waals surface area contributed by atoms with Gasteiger partial charge in [0, 0.05) is 62.4 Å². The van der Waals surface area contributed by atoms with E-state index in [1.165, 1.54) is 51.9 Å². The Balaban J connectivity index is 1.24. The minimum Gasteiger partial charge on any atom is -0.310 e. The molecular formula is C28H36N8. The Bertz CT molecular complexity index is 1230. The lowest BCUT2D eigenvalue weighted by atomic mass is 10.1. The molecule has 188 valence electrons. The van der Waals surface area contributed by atoms with E-state index in [0.29, 0.717) is 0 Å². The van der Waals surface area contributed by atoms with E-state index >= 15 is 0 Å². The first-order chi connectivity index (χ1) is 17.8. The SMILES string of the molecule is c1cnc2c3ccc(CNCCN4CCCC4)nc3c3nc(CNCCN4CCCC4)ccc3c2n1. The first-order valence-corrected chi connectivity index (χ1v) is 13.5. The zero-order valence-electron chi connectivity index (χ0n) is 21.0. The molecule has 2 aliphatic rings. The van der Waals surface area contributed by atoms with Crippen LogP contribution < -0.4 is 10.6 Å². The Morgan fingerprint density at radius 3 is 1.47 bits per heavy atom. The molecule has 8 heteroatoms. The number of benzene rings is 1. The molecule has 5 heterocycles. The van der Waals surface area contributed by atoms with Crippen molar-refractivity contribution in [2.75, 3.05) is 52.4 Å². The van der Waals surface area contributed by atoms with Crippen LogP contribution in [0.25, 0.3) is 32.8 Å². The summed E-state index contributed by atoms with van der Waals surface area (Å²) in [5, 5.41) is 9.19. The fourth-order valence-corrected chi connectivity index (χ4v) is 5.59. The summed E-state index contributed by atoms with van der Waals surface area (Å²) in [6.07, 6.45) is 8.84. The lowest BCUT2D eigenvalue weighted by Gasteiger charge is -2.15. The maximum Gasteiger partial charge on any atom is 0.0991 e. The van der Waals surface area contributed by atoms with Crippen LogP contribution in [0.1, 0.15) is 37.1 Å². The number of pyridine rings is 2. The summed E-state index contributed by atoms with van der Waals surface area (Å²) in [5.41, 5.74) is 5.67. The molecule has 36 heavy (non-hydrogen) atoms. The smallest absolute Gasteiger partial charge is 0.0991 e. The zero-order valence-corrected chi connectivity index (χ0v) is 21.0. The monoisotopic (exact) mass is 484 g/mol. The van der Waals surface area contributed by atoms with Gasteiger partial charge in [-0.3, -0.25) is 9.97 Å². The lowest BCUT2D eigenvalue weighted by Crippen LogP contribution is -2.29. The molecule has 0 spiro atoms. The third-order valence-corrected chi connectivity index (χ3v) is 7.56. The molecule has 6 rings (SSSR count). The molecule has 2 aliphatic heterocycles. The van der Waals surface area contributed by atoms with E-state index in [0.717, 1.165) is 83.5 Å². The third kappa shape index (κ3) is 5.18. The van der Waals surface area contributed by atoms with Crippen LogP contribution in [-0.4, -0.2) is 82.1 Å². The highest BCUT2D eigenvalue weighted by Gasteiger charge is 2.15. The van der Waals surface area contributed by atoms with Crippen molar-refractivity contribution < 1.29 is 0 Å². The van der Waals surface area contributed by atoms with Crippen molar-refractivity contribution in [3.63, 3.8) is 0 Å². The summed E-state index contributed by atoms with van der Waals surface area (Å²) >= 11 is 0. The van der Waals surface area contributed by atoms with Crippen LogP contribution in [0, 0.1) is 0 Å². The van der Waals surface area contributed by atoms with Crippen LogP contribution >= 0.6 is 0 Å². The Hall–Kier alpha value is -2.78. The largest absolute Gasteiger partial charge is 0.310 e. The topological polar surface area (TPSA) is 82.1 Å². The first-order valence-electron chi connectivity index (χ1n) is 13.5. The van der Waals surface area contributed by atoms with Crippen LogP contribution in [-0.2, 0) is 13.1 Å². The highest BCUT2D eigenvalue weighted by Crippen LogP contribution is 2.31. The zero-order chi connectivity index (χ0) is 24.2. The van der Waals surface area contributed by atoms with E-state index in [1.54, 1.807) is 12.4 Å². The second-order valence-electron chi connectivity index (χ2n) is 10.1. The second kappa shape index (κ2) is 11.1. The van der Waals surface area contributed by atoms with Crippen LogP contribution in [0.15, 0.2) is 36.7 Å². The summed E-state index contributed by atoms with van der Waals surface area (Å²) in [7, 11) is 0. The molecule has 1 aromatic carbocycles. The molecule has 0 aliphatic carbocycles. The van der Waals surface area contributed by atoms with Gasteiger partial charge in [-0.1, -0.05) is 0 Å². The normalized spacial score (nSPS) is 17.2. The van der Waals surface area contributed by atoms with E-state index in [-0.39, 0.29) is 0 Å². The van der Waals surface area contributed by atoms with E-state index in [1.807, 2.05) is 0 Å². The minimum atomic E-state index is 0.752. The quantitative estimate of drug-likeness (QED) is 0.263. The van der Waals surface area contributed by atoms with Gasteiger partial charge in [0.25, 0.3) is 0 Å². The molecule has 0 radical (unpaired) electrons. The molecule has 2 N–H and O–H groups in total. The predicted molar refractivity (Wildman–Crippen MR) is 145 cm³/mol. The summed E-state index contributed by atoms with van der Waals surface area (Å²) in [6, 6.07) is 8.49.